The van der Waals surface area contributed by atoms with E-state index in [4.69, 9.17) is 0 Å². The zero-order valence-corrected chi connectivity index (χ0v) is 19.4. The molecule has 8 aliphatic carbocycles. The number of hydrogen-bond donors (Lipinski definition) is 0. The molecule has 0 aromatic carbocycles. The van der Waals surface area contributed by atoms with Crippen LogP contribution in [0, 0.1) is 46.3 Å². The highest BCUT2D eigenvalue weighted by Gasteiger charge is 2.64. The summed E-state index contributed by atoms with van der Waals surface area (Å²) in [5, 5.41) is 0.534. The van der Waals surface area contributed by atoms with Crippen LogP contribution < -0.4 is 0 Å². The minimum absolute atomic E-state index is 0.0931. The van der Waals surface area contributed by atoms with E-state index in [1.165, 1.54) is 0 Å². The van der Waals surface area contributed by atoms with Crippen LogP contribution in [0.4, 0.5) is 0 Å². The first-order valence-electron chi connectivity index (χ1n) is 12.5. The first-order chi connectivity index (χ1) is 12.7. The third-order valence-electron chi connectivity index (χ3n) is 10.8. The SMILES string of the molecule is CP(C(C12CC3CC(CC(C3)C1)C2)C12CC3CC(CC(C3)C1)C2)C(C)(C)C. The van der Waals surface area contributed by atoms with Crippen LogP contribution in [0.3, 0.4) is 0 Å². The van der Waals surface area contributed by atoms with Crippen molar-refractivity contribution in [1.29, 1.82) is 0 Å². The van der Waals surface area contributed by atoms with E-state index in [2.05, 4.69) is 27.4 Å². The van der Waals surface area contributed by atoms with Gasteiger partial charge in [0, 0.05) is 0 Å². The highest BCUT2D eigenvalue weighted by molar-refractivity contribution is 7.59. The standard InChI is InChI=1S/C26H43P/c1-24(2,3)27(4)23(25-11-17-5-18(12-25)7-19(6-17)13-25)26-14-20-8-21(15-26)10-22(9-20)16-26/h17-23H,5-16H2,1-4H3. The van der Waals surface area contributed by atoms with E-state index in [0.717, 1.165) is 52.0 Å². The third kappa shape index (κ3) is 2.70. The van der Waals surface area contributed by atoms with Gasteiger partial charge in [0.1, 0.15) is 0 Å². The van der Waals surface area contributed by atoms with Gasteiger partial charge in [-0.05, 0) is 141 Å². The fourth-order valence-electron chi connectivity index (χ4n) is 10.9. The topological polar surface area (TPSA) is 0 Å². The van der Waals surface area contributed by atoms with Gasteiger partial charge in [-0.15, -0.1) is 7.92 Å². The summed E-state index contributed by atoms with van der Waals surface area (Å²) in [6, 6.07) is 0. The summed E-state index contributed by atoms with van der Waals surface area (Å²) in [4.78, 5) is 0. The van der Waals surface area contributed by atoms with Gasteiger partial charge < -0.3 is 0 Å². The molecule has 0 spiro atoms. The van der Waals surface area contributed by atoms with E-state index < -0.39 is 0 Å². The van der Waals surface area contributed by atoms with Gasteiger partial charge in [0.05, 0.1) is 0 Å². The largest absolute Gasteiger partial charge is 0.100 e. The van der Waals surface area contributed by atoms with Crippen molar-refractivity contribution in [2.24, 2.45) is 46.3 Å². The lowest BCUT2D eigenvalue weighted by Crippen LogP contribution is -2.61. The van der Waals surface area contributed by atoms with Crippen molar-refractivity contribution in [3.05, 3.63) is 0 Å². The molecule has 8 bridgehead atoms. The molecule has 0 nitrogen and oxygen atoms in total. The monoisotopic (exact) mass is 386 g/mol. The first kappa shape index (κ1) is 18.2. The third-order valence-corrected chi connectivity index (χ3v) is 14.8. The lowest BCUT2D eigenvalue weighted by Gasteiger charge is -2.69. The van der Waals surface area contributed by atoms with Crippen molar-refractivity contribution in [2.75, 3.05) is 6.66 Å². The van der Waals surface area contributed by atoms with Crippen molar-refractivity contribution in [1.82, 2.24) is 0 Å². The second-order valence-electron chi connectivity index (χ2n) is 13.7. The van der Waals surface area contributed by atoms with Crippen LogP contribution >= 0.6 is 7.92 Å². The summed E-state index contributed by atoms with van der Waals surface area (Å²) in [5.74, 6) is 6.73. The lowest BCUT2D eigenvalue weighted by atomic mass is 9.41. The summed E-state index contributed by atoms with van der Waals surface area (Å²) in [5.41, 5.74) is 2.64. The Morgan fingerprint density at radius 1 is 0.593 bits per heavy atom. The van der Waals surface area contributed by atoms with Crippen molar-refractivity contribution < 1.29 is 0 Å². The quantitative estimate of drug-likeness (QED) is 0.436. The summed E-state index contributed by atoms with van der Waals surface area (Å²) in [6.07, 6.45) is 19.6. The van der Waals surface area contributed by atoms with Gasteiger partial charge in [-0.25, -0.2) is 0 Å². The zero-order chi connectivity index (χ0) is 18.6. The summed E-state index contributed by atoms with van der Waals surface area (Å²) in [7, 11) is 0.0931. The average Bonchev–Trinajstić information content (AvgIpc) is 2.50. The van der Waals surface area contributed by atoms with Gasteiger partial charge in [-0.2, -0.15) is 0 Å². The molecule has 1 unspecified atom stereocenters. The molecule has 1 heteroatoms. The van der Waals surface area contributed by atoms with Crippen molar-refractivity contribution in [3.63, 3.8) is 0 Å². The Balaban J connectivity index is 1.44. The first-order valence-corrected chi connectivity index (χ1v) is 14.3. The molecule has 0 radical (unpaired) electrons. The van der Waals surface area contributed by atoms with Crippen molar-refractivity contribution >= 4 is 7.92 Å². The van der Waals surface area contributed by atoms with E-state index in [9.17, 15) is 0 Å². The van der Waals surface area contributed by atoms with E-state index in [0.29, 0.717) is 5.16 Å². The predicted octanol–water partition coefficient (Wildman–Crippen LogP) is 7.70. The van der Waals surface area contributed by atoms with Crippen LogP contribution in [0.1, 0.15) is 97.8 Å². The second kappa shape index (κ2) is 5.77. The molecule has 8 rings (SSSR count). The van der Waals surface area contributed by atoms with E-state index in [1.807, 2.05) is 0 Å². The van der Waals surface area contributed by atoms with Crippen LogP contribution in [-0.4, -0.2) is 17.5 Å². The minimum Gasteiger partial charge on any atom is -0.100 e. The molecule has 0 aliphatic heterocycles. The van der Waals surface area contributed by atoms with Gasteiger partial charge in [0.2, 0.25) is 0 Å². The normalized spacial score (nSPS) is 55.1. The smallest absolute Gasteiger partial charge is 0.00931 e. The summed E-state index contributed by atoms with van der Waals surface area (Å²) < 4.78 is 0. The van der Waals surface area contributed by atoms with Gasteiger partial charge in [-0.3, -0.25) is 0 Å². The minimum atomic E-state index is 0.0931. The molecule has 8 aliphatic rings. The molecule has 0 heterocycles. The van der Waals surface area contributed by atoms with Crippen LogP contribution in [0.2, 0.25) is 0 Å². The Kier molecular flexibility index (Phi) is 3.89. The fraction of sp³-hybridized carbons (Fsp3) is 1.00. The molecular weight excluding hydrogens is 343 g/mol. The molecule has 0 N–H and O–H groups in total. The van der Waals surface area contributed by atoms with Crippen LogP contribution in [-0.2, 0) is 0 Å². The van der Waals surface area contributed by atoms with Gasteiger partial charge in [0.25, 0.3) is 0 Å². The number of rotatable bonds is 3. The van der Waals surface area contributed by atoms with Crippen LogP contribution in [0.5, 0.6) is 0 Å². The second-order valence-corrected chi connectivity index (χ2v) is 16.8. The van der Waals surface area contributed by atoms with E-state index in [-0.39, 0.29) is 7.92 Å². The Bertz CT molecular complexity index is 496. The summed E-state index contributed by atoms with van der Waals surface area (Å²) in [6.45, 7) is 10.6. The molecule has 0 aromatic heterocycles. The Morgan fingerprint density at radius 2 is 0.852 bits per heavy atom. The number of hydrogen-bond acceptors (Lipinski definition) is 0. The van der Waals surface area contributed by atoms with E-state index in [1.54, 1.807) is 77.0 Å². The Labute approximate surface area is 169 Å². The molecule has 1 atom stereocenters. The molecule has 0 saturated heterocycles. The van der Waals surface area contributed by atoms with Gasteiger partial charge in [-0.1, -0.05) is 20.8 Å². The fourth-order valence-corrected chi connectivity index (χ4v) is 13.9. The maximum absolute atomic E-state index is 2.77. The Hall–Kier alpha value is 0.430. The maximum Gasteiger partial charge on any atom is -0.00931 e. The van der Waals surface area contributed by atoms with Crippen LogP contribution in [0.15, 0.2) is 0 Å². The predicted molar refractivity (Wildman–Crippen MR) is 118 cm³/mol. The average molecular weight is 387 g/mol. The maximum atomic E-state index is 2.77. The zero-order valence-electron chi connectivity index (χ0n) is 18.5. The highest BCUT2D eigenvalue weighted by Crippen LogP contribution is 2.76. The lowest BCUT2D eigenvalue weighted by molar-refractivity contribution is -0.120. The highest BCUT2D eigenvalue weighted by atomic mass is 31.1. The van der Waals surface area contributed by atoms with E-state index >= 15 is 0 Å². The Morgan fingerprint density at radius 3 is 1.07 bits per heavy atom. The molecule has 0 amide bonds. The molecule has 8 saturated carbocycles. The molecule has 27 heavy (non-hydrogen) atoms. The molecular formula is C26H43P. The molecule has 8 fully saturated rings. The van der Waals surface area contributed by atoms with Crippen molar-refractivity contribution in [3.8, 4) is 0 Å². The van der Waals surface area contributed by atoms with Gasteiger partial charge >= 0.3 is 0 Å². The summed E-state index contributed by atoms with van der Waals surface area (Å²) >= 11 is 0. The molecule has 0 aromatic rings. The van der Waals surface area contributed by atoms with Crippen molar-refractivity contribution in [2.45, 2.75) is 109 Å². The molecule has 152 valence electrons. The van der Waals surface area contributed by atoms with Gasteiger partial charge in [0.15, 0.2) is 0 Å². The van der Waals surface area contributed by atoms with Crippen LogP contribution in [0.25, 0.3) is 0 Å².